The second-order valence-corrected chi connectivity index (χ2v) is 6.59. The largest absolute Gasteiger partial charge is 0.481 e. The predicted octanol–water partition coefficient (Wildman–Crippen LogP) is 2.35. The van der Waals surface area contributed by atoms with E-state index in [1.165, 1.54) is 6.20 Å². The molecule has 8 heteroatoms. The molecule has 0 saturated carbocycles. The van der Waals surface area contributed by atoms with Crippen LogP contribution in [0.15, 0.2) is 23.1 Å². The van der Waals surface area contributed by atoms with Gasteiger partial charge in [-0.1, -0.05) is 0 Å². The normalized spacial score (nSPS) is 18.3. The number of fused-ring (bicyclic) bond motifs is 1. The first-order valence-corrected chi connectivity index (χ1v) is 8.37. The minimum Gasteiger partial charge on any atom is -0.481 e. The molecule has 1 N–H and O–H groups in total. The second-order valence-electron chi connectivity index (χ2n) is 5.68. The number of halogens is 1. The lowest BCUT2D eigenvalue weighted by Gasteiger charge is -2.35. The van der Waals surface area contributed by atoms with Gasteiger partial charge in [-0.15, -0.1) is 0 Å². The Labute approximate surface area is 141 Å². The minimum absolute atomic E-state index is 0.0299. The Hall–Kier alpha value is -1.96. The number of hydrogen-bond acceptors (Lipinski definition) is 4. The van der Waals surface area contributed by atoms with Crippen molar-refractivity contribution in [1.29, 1.82) is 0 Å². The van der Waals surface area contributed by atoms with E-state index in [0.29, 0.717) is 24.2 Å². The fourth-order valence-corrected chi connectivity index (χ4v) is 3.31. The van der Waals surface area contributed by atoms with Gasteiger partial charge in [-0.3, -0.25) is 9.59 Å². The third kappa shape index (κ3) is 3.36. The van der Waals surface area contributed by atoms with Gasteiger partial charge in [0.25, 0.3) is 5.91 Å². The molecule has 1 unspecified atom stereocenters. The van der Waals surface area contributed by atoms with Gasteiger partial charge < -0.3 is 10.0 Å². The van der Waals surface area contributed by atoms with Crippen LogP contribution in [0.5, 0.6) is 0 Å². The smallest absolute Gasteiger partial charge is 0.303 e. The summed E-state index contributed by atoms with van der Waals surface area (Å²) in [5, 5.41) is 13.1. The maximum Gasteiger partial charge on any atom is 0.303 e. The van der Waals surface area contributed by atoms with E-state index in [1.54, 1.807) is 21.8 Å². The number of piperidine rings is 1. The molecule has 23 heavy (non-hydrogen) atoms. The first-order valence-electron chi connectivity index (χ1n) is 7.58. The monoisotopic (exact) mass is 380 g/mol. The molecular formula is C15H17BrN4O3. The molecule has 3 heterocycles. The van der Waals surface area contributed by atoms with Crippen LogP contribution in [0.25, 0.3) is 5.65 Å². The molecule has 1 saturated heterocycles. The molecule has 0 bridgehead atoms. The first-order chi connectivity index (χ1) is 11.1. The number of carboxylic acid groups (broad SMARTS) is 1. The van der Waals surface area contributed by atoms with Gasteiger partial charge in [-0.05, 0) is 41.6 Å². The molecule has 1 aliphatic heterocycles. The summed E-state index contributed by atoms with van der Waals surface area (Å²) in [6, 6.07) is -0.0299. The SMILES string of the molecule is O=C(O)CCC1CCCCN1C(=O)c1cnn2cc(Br)cnc12. The van der Waals surface area contributed by atoms with E-state index in [4.69, 9.17) is 5.11 Å². The van der Waals surface area contributed by atoms with Crippen molar-refractivity contribution in [2.75, 3.05) is 6.54 Å². The van der Waals surface area contributed by atoms with Crippen LogP contribution in [-0.4, -0.2) is 49.1 Å². The third-order valence-electron chi connectivity index (χ3n) is 4.13. The highest BCUT2D eigenvalue weighted by molar-refractivity contribution is 9.10. The summed E-state index contributed by atoms with van der Waals surface area (Å²) in [7, 11) is 0. The Balaban J connectivity index is 1.85. The summed E-state index contributed by atoms with van der Waals surface area (Å²) in [6.45, 7) is 0.650. The fourth-order valence-electron chi connectivity index (χ4n) is 3.02. The van der Waals surface area contributed by atoms with E-state index in [1.807, 2.05) is 0 Å². The molecule has 0 aliphatic carbocycles. The fraction of sp³-hybridized carbons (Fsp3) is 0.467. The maximum absolute atomic E-state index is 12.9. The number of carbonyl (C=O) groups is 2. The molecule has 1 amide bonds. The van der Waals surface area contributed by atoms with E-state index in [2.05, 4.69) is 26.0 Å². The molecule has 2 aromatic rings. The lowest BCUT2D eigenvalue weighted by atomic mass is 9.97. The van der Waals surface area contributed by atoms with Crippen molar-refractivity contribution in [2.24, 2.45) is 0 Å². The van der Waals surface area contributed by atoms with Crippen molar-refractivity contribution in [3.63, 3.8) is 0 Å². The molecule has 0 radical (unpaired) electrons. The van der Waals surface area contributed by atoms with Gasteiger partial charge in [0.15, 0.2) is 5.65 Å². The highest BCUT2D eigenvalue weighted by Gasteiger charge is 2.29. The molecule has 3 rings (SSSR count). The van der Waals surface area contributed by atoms with Crippen molar-refractivity contribution >= 4 is 33.5 Å². The molecule has 0 spiro atoms. The highest BCUT2D eigenvalue weighted by atomic mass is 79.9. The van der Waals surface area contributed by atoms with Gasteiger partial charge in [0.05, 0.1) is 10.7 Å². The Kier molecular flexibility index (Phi) is 4.61. The predicted molar refractivity (Wildman–Crippen MR) is 86.2 cm³/mol. The van der Waals surface area contributed by atoms with Gasteiger partial charge in [0.1, 0.15) is 5.56 Å². The molecule has 1 aliphatic rings. The lowest BCUT2D eigenvalue weighted by Crippen LogP contribution is -2.44. The molecular weight excluding hydrogens is 364 g/mol. The Morgan fingerprint density at radius 2 is 2.17 bits per heavy atom. The van der Waals surface area contributed by atoms with Crippen LogP contribution in [0.4, 0.5) is 0 Å². The second kappa shape index (κ2) is 6.66. The number of carbonyl (C=O) groups excluding carboxylic acids is 1. The van der Waals surface area contributed by atoms with E-state index in [0.717, 1.165) is 23.7 Å². The zero-order valence-electron chi connectivity index (χ0n) is 12.5. The van der Waals surface area contributed by atoms with Crippen molar-refractivity contribution in [3.8, 4) is 0 Å². The summed E-state index contributed by atoms with van der Waals surface area (Å²) in [4.78, 5) is 29.8. The van der Waals surface area contributed by atoms with E-state index < -0.39 is 5.97 Å². The quantitative estimate of drug-likeness (QED) is 0.879. The lowest BCUT2D eigenvalue weighted by molar-refractivity contribution is -0.137. The van der Waals surface area contributed by atoms with Crippen LogP contribution >= 0.6 is 15.9 Å². The summed E-state index contributed by atoms with van der Waals surface area (Å²) in [5.74, 6) is -0.949. The molecule has 0 aromatic carbocycles. The van der Waals surface area contributed by atoms with E-state index >= 15 is 0 Å². The van der Waals surface area contributed by atoms with Crippen LogP contribution in [0.2, 0.25) is 0 Å². The number of rotatable bonds is 4. The Morgan fingerprint density at radius 3 is 2.96 bits per heavy atom. The minimum atomic E-state index is -0.828. The van der Waals surface area contributed by atoms with Gasteiger partial charge in [0.2, 0.25) is 0 Å². The van der Waals surface area contributed by atoms with Crippen LogP contribution in [0.1, 0.15) is 42.5 Å². The summed E-state index contributed by atoms with van der Waals surface area (Å²) in [5.41, 5.74) is 0.973. The van der Waals surface area contributed by atoms with Crippen LogP contribution in [0.3, 0.4) is 0 Å². The Bertz CT molecular complexity index is 745. The molecule has 122 valence electrons. The number of amides is 1. The average molecular weight is 381 g/mol. The first kappa shape index (κ1) is 15.9. The van der Waals surface area contributed by atoms with Gasteiger partial charge >= 0.3 is 5.97 Å². The molecule has 2 aromatic heterocycles. The molecule has 7 nitrogen and oxygen atoms in total. The van der Waals surface area contributed by atoms with Crippen LogP contribution in [-0.2, 0) is 4.79 Å². The average Bonchev–Trinajstić information content (AvgIpc) is 2.95. The van der Waals surface area contributed by atoms with Crippen molar-refractivity contribution in [2.45, 2.75) is 38.1 Å². The highest BCUT2D eigenvalue weighted by Crippen LogP contribution is 2.24. The van der Waals surface area contributed by atoms with Crippen molar-refractivity contribution < 1.29 is 14.7 Å². The van der Waals surface area contributed by atoms with Gasteiger partial charge in [-0.2, -0.15) is 5.10 Å². The molecule has 1 atom stereocenters. The Morgan fingerprint density at radius 1 is 1.35 bits per heavy atom. The summed E-state index contributed by atoms with van der Waals surface area (Å²) < 4.78 is 2.34. The zero-order valence-corrected chi connectivity index (χ0v) is 14.1. The summed E-state index contributed by atoms with van der Waals surface area (Å²) in [6.07, 6.45) is 8.27. The number of likely N-dealkylation sites (tertiary alicyclic amines) is 1. The van der Waals surface area contributed by atoms with E-state index in [-0.39, 0.29) is 18.4 Å². The maximum atomic E-state index is 12.9. The van der Waals surface area contributed by atoms with Crippen molar-refractivity contribution in [1.82, 2.24) is 19.5 Å². The standard InChI is InChI=1S/C15H17BrN4O3/c16-10-7-17-14-12(8-18-20(14)9-10)15(23)19-6-2-1-3-11(19)4-5-13(21)22/h7-9,11H,1-6H2,(H,21,22). The number of hydrogen-bond donors (Lipinski definition) is 1. The van der Waals surface area contributed by atoms with Crippen LogP contribution in [0, 0.1) is 0 Å². The van der Waals surface area contributed by atoms with Gasteiger partial charge in [-0.25, -0.2) is 9.50 Å². The third-order valence-corrected chi connectivity index (χ3v) is 4.54. The van der Waals surface area contributed by atoms with Gasteiger partial charge in [0, 0.05) is 31.4 Å². The number of aliphatic carboxylic acids is 1. The van der Waals surface area contributed by atoms with Crippen molar-refractivity contribution in [3.05, 3.63) is 28.6 Å². The molecule has 1 fully saturated rings. The zero-order chi connectivity index (χ0) is 16.4. The topological polar surface area (TPSA) is 87.8 Å². The van der Waals surface area contributed by atoms with E-state index in [9.17, 15) is 9.59 Å². The number of aromatic nitrogens is 3. The number of carboxylic acids is 1. The number of nitrogens with zero attached hydrogens (tertiary/aromatic N) is 4. The van der Waals surface area contributed by atoms with Crippen LogP contribution < -0.4 is 0 Å². The summed E-state index contributed by atoms with van der Waals surface area (Å²) >= 11 is 3.32.